The Hall–Kier alpha value is -1.03. The average molecular weight is 279 g/mol. The number of nitrogens with two attached hydrogens (primary N) is 1. The second-order valence-corrected chi connectivity index (χ2v) is 5.91. The van der Waals surface area contributed by atoms with Gasteiger partial charge in [-0.2, -0.15) is 0 Å². The van der Waals surface area contributed by atoms with Crippen LogP contribution in [-0.4, -0.2) is 10.2 Å². The fourth-order valence-electron chi connectivity index (χ4n) is 1.64. The first-order valence-corrected chi connectivity index (χ1v) is 7.01. The van der Waals surface area contributed by atoms with Gasteiger partial charge in [0.1, 0.15) is 0 Å². The van der Waals surface area contributed by atoms with Gasteiger partial charge in [0.05, 0.1) is 10.0 Å². The summed E-state index contributed by atoms with van der Waals surface area (Å²) in [4.78, 5) is 4.27. The molecule has 0 aliphatic rings. The van der Waals surface area contributed by atoms with Gasteiger partial charge in [-0.15, -0.1) is 11.8 Å². The van der Waals surface area contributed by atoms with Crippen molar-refractivity contribution in [2.75, 3.05) is 0 Å². The molecule has 0 fully saturated rings. The lowest BCUT2D eigenvalue weighted by Gasteiger charge is -2.19. The van der Waals surface area contributed by atoms with Gasteiger partial charge in [-0.1, -0.05) is 48.9 Å². The highest BCUT2D eigenvalue weighted by molar-refractivity contribution is 7.99. The molecule has 2 aromatic rings. The number of thioether (sulfide) groups is 1. The zero-order valence-electron chi connectivity index (χ0n) is 10.1. The van der Waals surface area contributed by atoms with Crippen LogP contribution in [0.5, 0.6) is 0 Å². The van der Waals surface area contributed by atoms with Gasteiger partial charge in [0.25, 0.3) is 0 Å². The third-order valence-corrected chi connectivity index (χ3v) is 4.07. The van der Waals surface area contributed by atoms with Crippen LogP contribution in [0.1, 0.15) is 18.5 Å². The van der Waals surface area contributed by atoms with E-state index in [1.807, 2.05) is 30.3 Å². The summed E-state index contributed by atoms with van der Waals surface area (Å²) in [6, 6.07) is 13.9. The van der Waals surface area contributed by atoms with Crippen LogP contribution in [0.25, 0.3) is 0 Å². The molecule has 0 bridgehead atoms. The van der Waals surface area contributed by atoms with E-state index in [0.717, 1.165) is 10.6 Å². The van der Waals surface area contributed by atoms with E-state index in [-0.39, 0.29) is 11.3 Å². The van der Waals surface area contributed by atoms with Crippen molar-refractivity contribution < 1.29 is 0 Å². The summed E-state index contributed by atoms with van der Waals surface area (Å²) in [5.41, 5.74) is 7.39. The number of halogens is 1. The van der Waals surface area contributed by atoms with E-state index in [1.54, 1.807) is 18.0 Å². The Morgan fingerprint density at radius 1 is 1.17 bits per heavy atom. The van der Waals surface area contributed by atoms with E-state index >= 15 is 0 Å². The first-order chi connectivity index (χ1) is 8.66. The highest BCUT2D eigenvalue weighted by Crippen LogP contribution is 2.29. The van der Waals surface area contributed by atoms with Crippen LogP contribution in [0.4, 0.5) is 0 Å². The Balaban J connectivity index is 2.03. The maximum absolute atomic E-state index is 6.24. The van der Waals surface area contributed by atoms with E-state index in [1.165, 1.54) is 0 Å². The van der Waals surface area contributed by atoms with Crippen molar-refractivity contribution in [2.24, 2.45) is 5.73 Å². The molecule has 0 radical (unpaired) electrons. The van der Waals surface area contributed by atoms with E-state index in [2.05, 4.69) is 24.0 Å². The lowest BCUT2D eigenvalue weighted by atomic mass is 10.1. The molecule has 1 aromatic heterocycles. The average Bonchev–Trinajstić information content (AvgIpc) is 2.41. The molecule has 0 amide bonds. The van der Waals surface area contributed by atoms with Crippen LogP contribution in [0, 0.1) is 0 Å². The Bertz CT molecular complexity index is 487. The first-order valence-electron chi connectivity index (χ1n) is 5.75. The molecule has 94 valence electrons. The normalized spacial score (nSPS) is 14.2. The topological polar surface area (TPSA) is 38.9 Å². The maximum Gasteiger partial charge on any atom is 0.0964 e. The molecule has 2 N–H and O–H groups in total. The van der Waals surface area contributed by atoms with Crippen LogP contribution >= 0.6 is 23.4 Å². The predicted molar refractivity (Wildman–Crippen MR) is 77.9 cm³/mol. The second-order valence-electron chi connectivity index (χ2n) is 4.07. The quantitative estimate of drug-likeness (QED) is 0.862. The Kier molecular flexibility index (Phi) is 4.64. The van der Waals surface area contributed by atoms with Gasteiger partial charge in [0, 0.05) is 17.5 Å². The molecule has 2 unspecified atom stereocenters. The molecule has 18 heavy (non-hydrogen) atoms. The first kappa shape index (κ1) is 13.4. The van der Waals surface area contributed by atoms with Crippen molar-refractivity contribution in [1.82, 2.24) is 4.98 Å². The molecular weight excluding hydrogens is 264 g/mol. The van der Waals surface area contributed by atoms with Crippen LogP contribution in [0.3, 0.4) is 0 Å². The van der Waals surface area contributed by atoms with Crippen molar-refractivity contribution in [3.8, 4) is 0 Å². The predicted octanol–water partition coefficient (Wildman–Crippen LogP) is 3.92. The summed E-state index contributed by atoms with van der Waals surface area (Å²) in [5, 5.41) is 1.85. The summed E-state index contributed by atoms with van der Waals surface area (Å²) in [6.45, 7) is 2.11. The monoisotopic (exact) mass is 278 g/mol. The van der Waals surface area contributed by atoms with Gasteiger partial charge in [-0.25, -0.2) is 4.98 Å². The maximum atomic E-state index is 6.24. The number of hydrogen-bond donors (Lipinski definition) is 1. The number of pyridine rings is 1. The number of benzene rings is 1. The number of aromatic nitrogens is 1. The lowest BCUT2D eigenvalue weighted by Crippen LogP contribution is -2.21. The van der Waals surface area contributed by atoms with Gasteiger partial charge >= 0.3 is 0 Å². The van der Waals surface area contributed by atoms with Gasteiger partial charge in [0.15, 0.2) is 0 Å². The number of hydrogen-bond acceptors (Lipinski definition) is 3. The third kappa shape index (κ3) is 3.48. The highest BCUT2D eigenvalue weighted by Gasteiger charge is 2.16. The molecule has 0 aliphatic heterocycles. The van der Waals surface area contributed by atoms with E-state index < -0.39 is 0 Å². The van der Waals surface area contributed by atoms with E-state index in [0.29, 0.717) is 5.02 Å². The summed E-state index contributed by atoms with van der Waals surface area (Å²) in [7, 11) is 0. The summed E-state index contributed by atoms with van der Waals surface area (Å²) >= 11 is 7.47. The molecule has 0 saturated carbocycles. The largest absolute Gasteiger partial charge is 0.323 e. The van der Waals surface area contributed by atoms with Crippen molar-refractivity contribution in [3.05, 3.63) is 59.2 Å². The lowest BCUT2D eigenvalue weighted by molar-refractivity contribution is 0.714. The molecule has 2 atom stereocenters. The standard InChI is InChI=1S/C14H15ClN2S/c1-10(14(16)11-5-3-2-4-6-11)18-13-8-7-12(15)9-17-13/h2-10,14H,16H2,1H3. The molecule has 2 nitrogen and oxygen atoms in total. The summed E-state index contributed by atoms with van der Waals surface area (Å²) in [6.07, 6.45) is 1.66. The molecule has 0 aliphatic carbocycles. The number of rotatable bonds is 4. The zero-order chi connectivity index (χ0) is 13.0. The fourth-order valence-corrected chi connectivity index (χ4v) is 2.70. The molecule has 4 heteroatoms. The third-order valence-electron chi connectivity index (χ3n) is 2.70. The molecule has 0 saturated heterocycles. The SMILES string of the molecule is CC(Sc1ccc(Cl)cn1)C(N)c1ccccc1. The minimum absolute atomic E-state index is 0.00585. The van der Waals surface area contributed by atoms with Crippen LogP contribution in [0.2, 0.25) is 5.02 Å². The summed E-state index contributed by atoms with van der Waals surface area (Å²) < 4.78 is 0. The molecule has 0 spiro atoms. The highest BCUT2D eigenvalue weighted by atomic mass is 35.5. The molecule has 2 rings (SSSR count). The van der Waals surface area contributed by atoms with Gasteiger partial charge in [-0.05, 0) is 17.7 Å². The van der Waals surface area contributed by atoms with Crippen molar-refractivity contribution >= 4 is 23.4 Å². The Morgan fingerprint density at radius 3 is 2.50 bits per heavy atom. The summed E-state index contributed by atoms with van der Waals surface area (Å²) in [5.74, 6) is 0. The molecule has 1 aromatic carbocycles. The molecule has 1 heterocycles. The van der Waals surface area contributed by atoms with Crippen molar-refractivity contribution in [1.29, 1.82) is 0 Å². The van der Waals surface area contributed by atoms with E-state index in [9.17, 15) is 0 Å². The van der Waals surface area contributed by atoms with Gasteiger partial charge < -0.3 is 5.73 Å². The fraction of sp³-hybridized carbons (Fsp3) is 0.214. The minimum atomic E-state index is -0.00585. The van der Waals surface area contributed by atoms with E-state index in [4.69, 9.17) is 17.3 Å². The Labute approximate surface area is 117 Å². The van der Waals surface area contributed by atoms with Crippen molar-refractivity contribution in [3.63, 3.8) is 0 Å². The van der Waals surface area contributed by atoms with Gasteiger partial charge in [-0.3, -0.25) is 0 Å². The van der Waals surface area contributed by atoms with Crippen LogP contribution in [0.15, 0.2) is 53.7 Å². The minimum Gasteiger partial charge on any atom is -0.323 e. The van der Waals surface area contributed by atoms with Crippen molar-refractivity contribution in [2.45, 2.75) is 23.2 Å². The Morgan fingerprint density at radius 2 is 1.89 bits per heavy atom. The van der Waals surface area contributed by atoms with Gasteiger partial charge in [0.2, 0.25) is 0 Å². The molecular formula is C14H15ClN2S. The smallest absolute Gasteiger partial charge is 0.0964 e. The second kappa shape index (κ2) is 6.23. The van der Waals surface area contributed by atoms with Crippen LogP contribution < -0.4 is 5.73 Å². The number of nitrogens with zero attached hydrogens (tertiary/aromatic N) is 1. The zero-order valence-corrected chi connectivity index (χ0v) is 11.7. The van der Waals surface area contributed by atoms with Crippen LogP contribution in [-0.2, 0) is 0 Å².